The highest BCUT2D eigenvalue weighted by Crippen LogP contribution is 2.71. The van der Waals surface area contributed by atoms with Gasteiger partial charge in [-0.1, -0.05) is 51.1 Å². The van der Waals surface area contributed by atoms with Crippen molar-refractivity contribution < 1.29 is 9.84 Å². The van der Waals surface area contributed by atoms with Crippen molar-refractivity contribution in [2.45, 2.75) is 64.8 Å². The second kappa shape index (κ2) is 4.36. The second-order valence-electron chi connectivity index (χ2n) is 8.74. The number of ether oxygens (including phenoxy) is 1. The number of hydrogen-bond donors (Lipinski definition) is 1. The maximum atomic E-state index is 11.1. The zero-order valence-electron chi connectivity index (χ0n) is 14.2. The molecular weight excluding hydrogens is 272 g/mol. The van der Waals surface area contributed by atoms with Gasteiger partial charge in [-0.2, -0.15) is 0 Å². The fourth-order valence-electron chi connectivity index (χ4n) is 5.85. The first-order valence-corrected chi connectivity index (χ1v) is 8.72. The van der Waals surface area contributed by atoms with Gasteiger partial charge in [0.15, 0.2) is 0 Å². The molecule has 3 aliphatic rings. The number of aliphatic hydroxyl groups is 1. The summed E-state index contributed by atoms with van der Waals surface area (Å²) in [5.41, 5.74) is 0.707. The highest BCUT2D eigenvalue weighted by Gasteiger charge is 2.69. The zero-order valence-corrected chi connectivity index (χ0v) is 14.2. The lowest BCUT2D eigenvalue weighted by Crippen LogP contribution is -2.41. The molecular formula is C20H28O2. The number of hydrogen-bond acceptors (Lipinski definition) is 2. The molecule has 2 nitrogen and oxygen atoms in total. The molecule has 1 N–H and O–H groups in total. The third-order valence-electron chi connectivity index (χ3n) is 7.69. The van der Waals surface area contributed by atoms with Crippen molar-refractivity contribution >= 4 is 0 Å². The fourth-order valence-corrected chi connectivity index (χ4v) is 5.85. The predicted molar refractivity (Wildman–Crippen MR) is 87.4 cm³/mol. The van der Waals surface area contributed by atoms with E-state index in [1.165, 1.54) is 12.8 Å². The van der Waals surface area contributed by atoms with E-state index in [0.29, 0.717) is 17.4 Å². The largest absolute Gasteiger partial charge is 0.383 e. The van der Waals surface area contributed by atoms with Gasteiger partial charge in [-0.15, -0.1) is 0 Å². The summed E-state index contributed by atoms with van der Waals surface area (Å²) in [6, 6.07) is 10.0. The minimum Gasteiger partial charge on any atom is -0.383 e. The van der Waals surface area contributed by atoms with E-state index in [1.807, 2.05) is 37.3 Å². The SMILES string of the molecule is CC(O)(c1ccccc1)[C@H]1C[C@@H]2[C@H]3CC[C@@](C)([C@@H]2O1)C3(C)C. The molecule has 0 spiro atoms. The molecule has 3 fully saturated rings. The van der Waals surface area contributed by atoms with Crippen molar-refractivity contribution in [1.29, 1.82) is 0 Å². The van der Waals surface area contributed by atoms with Crippen LogP contribution in [0.1, 0.15) is 52.5 Å². The van der Waals surface area contributed by atoms with Gasteiger partial charge in [-0.05, 0) is 54.4 Å². The smallest absolute Gasteiger partial charge is 0.113 e. The van der Waals surface area contributed by atoms with Crippen LogP contribution in [0.2, 0.25) is 0 Å². The molecule has 1 heterocycles. The van der Waals surface area contributed by atoms with Crippen molar-refractivity contribution in [3.05, 3.63) is 35.9 Å². The van der Waals surface area contributed by atoms with E-state index in [-0.39, 0.29) is 11.5 Å². The Hall–Kier alpha value is -0.860. The molecule has 2 aliphatic carbocycles. The lowest BCUT2D eigenvalue weighted by Gasteiger charge is -2.40. The van der Waals surface area contributed by atoms with Crippen molar-refractivity contribution in [2.75, 3.05) is 0 Å². The van der Waals surface area contributed by atoms with Gasteiger partial charge >= 0.3 is 0 Å². The van der Waals surface area contributed by atoms with Crippen LogP contribution in [0.4, 0.5) is 0 Å². The molecule has 2 bridgehead atoms. The Labute approximate surface area is 133 Å². The third-order valence-corrected chi connectivity index (χ3v) is 7.69. The Kier molecular flexibility index (Phi) is 2.92. The fraction of sp³-hybridized carbons (Fsp3) is 0.700. The van der Waals surface area contributed by atoms with Crippen molar-refractivity contribution in [1.82, 2.24) is 0 Å². The van der Waals surface area contributed by atoms with Crippen molar-refractivity contribution in [3.8, 4) is 0 Å². The van der Waals surface area contributed by atoms with Crippen LogP contribution in [-0.4, -0.2) is 17.3 Å². The highest BCUT2D eigenvalue weighted by molar-refractivity contribution is 5.25. The van der Waals surface area contributed by atoms with Crippen LogP contribution in [0.25, 0.3) is 0 Å². The topological polar surface area (TPSA) is 29.5 Å². The highest BCUT2D eigenvalue weighted by atomic mass is 16.5. The molecule has 120 valence electrons. The minimum absolute atomic E-state index is 0.0825. The summed E-state index contributed by atoms with van der Waals surface area (Å²) in [6.07, 6.45) is 3.83. The molecule has 2 saturated carbocycles. The maximum Gasteiger partial charge on any atom is 0.113 e. The summed E-state index contributed by atoms with van der Waals surface area (Å²) in [7, 11) is 0. The number of fused-ring (bicyclic) bond motifs is 5. The van der Waals surface area contributed by atoms with Gasteiger partial charge in [0.25, 0.3) is 0 Å². The lowest BCUT2D eigenvalue weighted by atomic mass is 9.70. The summed E-state index contributed by atoms with van der Waals surface area (Å²) < 4.78 is 6.53. The molecule has 1 aromatic carbocycles. The Morgan fingerprint density at radius 2 is 1.86 bits per heavy atom. The summed E-state index contributed by atoms with van der Waals surface area (Å²) in [5.74, 6) is 1.37. The quantitative estimate of drug-likeness (QED) is 0.890. The van der Waals surface area contributed by atoms with Gasteiger partial charge in [0.1, 0.15) is 5.60 Å². The van der Waals surface area contributed by atoms with Crippen LogP contribution in [0.5, 0.6) is 0 Å². The van der Waals surface area contributed by atoms with Gasteiger partial charge < -0.3 is 9.84 Å². The standard InChI is InChI=1S/C20H28O2/c1-18(2)15-10-11-19(18,3)17-14(15)12-16(22-17)20(4,21)13-8-6-5-7-9-13/h5-9,14-17,21H,10-12H2,1-4H3/t14-,15-,16-,17-,19+,20?/m1/s1. The van der Waals surface area contributed by atoms with E-state index in [4.69, 9.17) is 4.74 Å². The van der Waals surface area contributed by atoms with E-state index in [9.17, 15) is 5.11 Å². The van der Waals surface area contributed by atoms with Gasteiger partial charge in [0, 0.05) is 0 Å². The second-order valence-corrected chi connectivity index (χ2v) is 8.74. The lowest BCUT2D eigenvalue weighted by molar-refractivity contribution is -0.131. The first kappa shape index (κ1) is 14.7. The summed E-state index contributed by atoms with van der Waals surface area (Å²) in [6.45, 7) is 9.19. The predicted octanol–water partition coefficient (Wildman–Crippen LogP) is 4.12. The normalized spacial score (nSPS) is 44.8. The Balaban J connectivity index is 1.63. The molecule has 2 heteroatoms. The monoisotopic (exact) mass is 300 g/mol. The van der Waals surface area contributed by atoms with Gasteiger partial charge in [0.2, 0.25) is 0 Å². The molecule has 1 aromatic rings. The Bertz CT molecular complexity index is 577. The zero-order chi connectivity index (χ0) is 15.8. The van der Waals surface area contributed by atoms with Crippen LogP contribution in [-0.2, 0) is 10.3 Å². The maximum absolute atomic E-state index is 11.1. The van der Waals surface area contributed by atoms with E-state index < -0.39 is 5.60 Å². The van der Waals surface area contributed by atoms with E-state index in [1.54, 1.807) is 0 Å². The molecule has 0 radical (unpaired) electrons. The summed E-state index contributed by atoms with van der Waals surface area (Å²) in [5, 5.41) is 11.1. The van der Waals surface area contributed by atoms with Crippen molar-refractivity contribution in [2.24, 2.45) is 22.7 Å². The first-order chi connectivity index (χ1) is 10.3. The molecule has 1 aliphatic heterocycles. The molecule has 6 atom stereocenters. The Morgan fingerprint density at radius 3 is 2.50 bits per heavy atom. The van der Waals surface area contributed by atoms with Gasteiger partial charge in [0.05, 0.1) is 12.2 Å². The third kappa shape index (κ3) is 1.63. The number of benzene rings is 1. The van der Waals surface area contributed by atoms with E-state index in [0.717, 1.165) is 17.9 Å². The minimum atomic E-state index is -0.897. The Morgan fingerprint density at radius 1 is 1.18 bits per heavy atom. The van der Waals surface area contributed by atoms with Crippen LogP contribution in [0.15, 0.2) is 30.3 Å². The summed E-state index contributed by atoms with van der Waals surface area (Å²) in [4.78, 5) is 0. The van der Waals surface area contributed by atoms with Crippen LogP contribution in [0.3, 0.4) is 0 Å². The average Bonchev–Trinajstić information content (AvgIpc) is 3.07. The van der Waals surface area contributed by atoms with Crippen LogP contribution < -0.4 is 0 Å². The average molecular weight is 300 g/mol. The van der Waals surface area contributed by atoms with Gasteiger partial charge in [-0.25, -0.2) is 0 Å². The van der Waals surface area contributed by atoms with Crippen LogP contribution >= 0.6 is 0 Å². The van der Waals surface area contributed by atoms with Gasteiger partial charge in [-0.3, -0.25) is 0 Å². The molecule has 0 aromatic heterocycles. The molecule has 1 saturated heterocycles. The summed E-state index contributed by atoms with van der Waals surface area (Å²) >= 11 is 0. The van der Waals surface area contributed by atoms with Crippen molar-refractivity contribution in [3.63, 3.8) is 0 Å². The van der Waals surface area contributed by atoms with E-state index >= 15 is 0 Å². The molecule has 4 rings (SSSR count). The molecule has 1 unspecified atom stereocenters. The molecule has 0 amide bonds. The van der Waals surface area contributed by atoms with Crippen LogP contribution in [0, 0.1) is 22.7 Å². The molecule has 22 heavy (non-hydrogen) atoms. The number of rotatable bonds is 2. The van der Waals surface area contributed by atoms with E-state index in [2.05, 4.69) is 20.8 Å². The first-order valence-electron chi connectivity index (χ1n) is 8.72.